The maximum Gasteiger partial charge on any atom is 0.419 e. The number of rotatable bonds is 7. The van der Waals surface area contributed by atoms with E-state index < -0.39 is 33.1 Å². The normalized spacial score (nSPS) is 18.0. The van der Waals surface area contributed by atoms with Crippen molar-refractivity contribution < 1.29 is 26.3 Å². The van der Waals surface area contributed by atoms with Crippen LogP contribution in [0.3, 0.4) is 0 Å². The molecule has 0 radical (unpaired) electrons. The Morgan fingerprint density at radius 1 is 1.11 bits per heavy atom. The average Bonchev–Trinajstić information content (AvgIpc) is 3.19. The van der Waals surface area contributed by atoms with Crippen LogP contribution >= 0.6 is 39.1 Å². The van der Waals surface area contributed by atoms with Crippen LogP contribution in [0, 0.1) is 0 Å². The number of benzene rings is 2. The summed E-state index contributed by atoms with van der Waals surface area (Å²) in [4.78, 5) is 3.92. The molecule has 37 heavy (non-hydrogen) atoms. The molecule has 0 spiro atoms. The Hall–Kier alpha value is -2.25. The van der Waals surface area contributed by atoms with Crippen molar-refractivity contribution >= 4 is 66.3 Å². The van der Waals surface area contributed by atoms with Crippen LogP contribution in [-0.4, -0.2) is 32.1 Å². The number of sulfonamides is 1. The summed E-state index contributed by atoms with van der Waals surface area (Å²) in [5.74, 6) is -0.168. The van der Waals surface area contributed by atoms with Crippen LogP contribution in [0.4, 0.5) is 30.4 Å². The Bertz CT molecular complexity index is 1410. The lowest BCUT2D eigenvalue weighted by molar-refractivity contribution is -0.139. The summed E-state index contributed by atoms with van der Waals surface area (Å²) < 4.78 is 75.1. The second-order valence-corrected chi connectivity index (χ2v) is 12.0. The summed E-state index contributed by atoms with van der Waals surface area (Å²) in [6.45, 7) is 2.66. The number of ether oxygens (including phenoxy) is 1. The topological polar surface area (TPSA) is 92.3 Å². The van der Waals surface area contributed by atoms with E-state index in [0.717, 1.165) is 24.4 Å². The molecule has 198 valence electrons. The molecule has 7 nitrogen and oxygen atoms in total. The van der Waals surface area contributed by atoms with E-state index in [0.29, 0.717) is 45.5 Å². The van der Waals surface area contributed by atoms with E-state index in [1.165, 1.54) is 6.07 Å². The van der Waals surface area contributed by atoms with Crippen LogP contribution in [0.2, 0.25) is 10.0 Å². The van der Waals surface area contributed by atoms with Crippen molar-refractivity contribution in [2.75, 3.05) is 23.1 Å². The number of hydrogen-bond acceptors (Lipinski definition) is 6. The van der Waals surface area contributed by atoms with Gasteiger partial charge in [0.2, 0.25) is 0 Å². The summed E-state index contributed by atoms with van der Waals surface area (Å²) in [6.07, 6.45) is -3.07. The zero-order chi connectivity index (χ0) is 27.0. The number of alkyl halides is 3. The lowest BCUT2D eigenvalue weighted by Crippen LogP contribution is -2.35. The monoisotopic (exact) mass is 638 g/mol. The van der Waals surface area contributed by atoms with Crippen LogP contribution < -0.4 is 20.1 Å². The zero-order valence-corrected chi connectivity index (χ0v) is 23.0. The van der Waals surface area contributed by atoms with Crippen LogP contribution in [0.15, 0.2) is 58.0 Å². The Labute approximate surface area is 229 Å². The van der Waals surface area contributed by atoms with Gasteiger partial charge in [0.05, 0.1) is 15.7 Å². The minimum Gasteiger partial charge on any atom is -0.485 e. The highest BCUT2D eigenvalue weighted by Gasteiger charge is 2.38. The summed E-state index contributed by atoms with van der Waals surface area (Å²) in [5.41, 5.74) is -1.42. The average molecular weight is 640 g/mol. The minimum absolute atomic E-state index is 0.0931. The highest BCUT2D eigenvalue weighted by atomic mass is 79.9. The van der Waals surface area contributed by atoms with Crippen molar-refractivity contribution in [1.29, 1.82) is 0 Å². The first-order valence-electron chi connectivity index (χ1n) is 10.8. The van der Waals surface area contributed by atoms with Gasteiger partial charge in [0.15, 0.2) is 0 Å². The highest BCUT2D eigenvalue weighted by molar-refractivity contribution is 9.10. The van der Waals surface area contributed by atoms with Gasteiger partial charge in [-0.1, -0.05) is 23.2 Å². The SMILES string of the molecule is C[C@@]1(Oc2cc(NS(=O)(=O)c3cnc(Nc4cc(Cl)cc(Cl)c4)c(Br)c3)ccc2C(F)(F)F)CCNC1. The maximum absolute atomic E-state index is 13.6. The first-order valence-corrected chi connectivity index (χ1v) is 13.8. The van der Waals surface area contributed by atoms with E-state index in [9.17, 15) is 21.6 Å². The van der Waals surface area contributed by atoms with E-state index in [2.05, 4.69) is 36.3 Å². The number of anilines is 3. The Kier molecular flexibility index (Phi) is 7.87. The number of nitrogens with one attached hydrogen (secondary N) is 3. The Morgan fingerprint density at radius 2 is 1.81 bits per heavy atom. The summed E-state index contributed by atoms with van der Waals surface area (Å²) in [7, 11) is -4.21. The van der Waals surface area contributed by atoms with Gasteiger partial charge in [-0.2, -0.15) is 13.2 Å². The number of aromatic nitrogens is 1. The van der Waals surface area contributed by atoms with E-state index in [1.807, 2.05) is 0 Å². The smallest absolute Gasteiger partial charge is 0.419 e. The lowest BCUT2D eigenvalue weighted by Gasteiger charge is -2.27. The predicted molar refractivity (Wildman–Crippen MR) is 140 cm³/mol. The predicted octanol–water partition coefficient (Wildman–Crippen LogP) is 6.84. The molecule has 14 heteroatoms. The van der Waals surface area contributed by atoms with Crippen molar-refractivity contribution in [2.24, 2.45) is 0 Å². The standard InChI is InChI=1S/C23H20BrCl2F3N4O3S/c1-22(4-5-30-12-22)36-20-9-15(2-3-18(20)23(27,28)29)33-37(34,35)17-10-19(24)21(31-11-17)32-16-7-13(25)6-14(26)8-16/h2-3,6-11,30,33H,4-5,12H2,1H3,(H,31,32)/t22-/m1/s1. The van der Waals surface area contributed by atoms with E-state index >= 15 is 0 Å². The Morgan fingerprint density at radius 3 is 2.41 bits per heavy atom. The van der Waals surface area contributed by atoms with E-state index in [-0.39, 0.29) is 10.6 Å². The third-order valence-electron chi connectivity index (χ3n) is 5.48. The molecule has 3 aromatic rings. The molecular weight excluding hydrogens is 620 g/mol. The number of nitrogens with zero attached hydrogens (tertiary/aromatic N) is 1. The number of halogens is 6. The number of hydrogen-bond donors (Lipinski definition) is 3. The van der Waals surface area contributed by atoms with E-state index in [1.54, 1.807) is 25.1 Å². The fourth-order valence-electron chi connectivity index (χ4n) is 3.69. The quantitative estimate of drug-likeness (QED) is 0.262. The molecule has 0 saturated carbocycles. The molecule has 1 atom stereocenters. The fourth-order valence-corrected chi connectivity index (χ4v) is 5.83. The van der Waals surface area contributed by atoms with Crippen LogP contribution in [0.25, 0.3) is 0 Å². The van der Waals surface area contributed by atoms with Crippen molar-refractivity contribution in [3.8, 4) is 5.75 Å². The van der Waals surface area contributed by atoms with Gasteiger partial charge in [0, 0.05) is 41.0 Å². The molecule has 4 rings (SSSR count). The van der Waals surface area contributed by atoms with Crippen LogP contribution in [0.1, 0.15) is 18.9 Å². The van der Waals surface area contributed by atoms with Gasteiger partial charge in [0.1, 0.15) is 22.1 Å². The van der Waals surface area contributed by atoms with Gasteiger partial charge in [-0.15, -0.1) is 0 Å². The van der Waals surface area contributed by atoms with Crippen molar-refractivity contribution in [3.05, 3.63) is 68.7 Å². The summed E-state index contributed by atoms with van der Waals surface area (Å²) >= 11 is 15.3. The van der Waals surface area contributed by atoms with Gasteiger partial charge >= 0.3 is 6.18 Å². The molecule has 0 bridgehead atoms. The van der Waals surface area contributed by atoms with Crippen LogP contribution in [0.5, 0.6) is 5.75 Å². The molecular formula is C23H20BrCl2F3N4O3S. The largest absolute Gasteiger partial charge is 0.485 e. The molecule has 1 aliphatic rings. The Balaban J connectivity index is 1.59. The molecule has 0 unspecified atom stereocenters. The van der Waals surface area contributed by atoms with Crippen LogP contribution in [-0.2, 0) is 16.2 Å². The highest BCUT2D eigenvalue weighted by Crippen LogP contribution is 2.40. The van der Waals surface area contributed by atoms with E-state index in [4.69, 9.17) is 27.9 Å². The second-order valence-electron chi connectivity index (χ2n) is 8.58. The summed E-state index contributed by atoms with van der Waals surface area (Å²) in [5, 5.41) is 6.82. The number of pyridine rings is 1. The second kappa shape index (κ2) is 10.5. The van der Waals surface area contributed by atoms with Crippen molar-refractivity contribution in [3.63, 3.8) is 0 Å². The molecule has 1 saturated heterocycles. The fraction of sp³-hybridized carbons (Fsp3) is 0.261. The van der Waals surface area contributed by atoms with Crippen molar-refractivity contribution in [2.45, 2.75) is 30.0 Å². The van der Waals surface area contributed by atoms with Gasteiger partial charge in [-0.25, -0.2) is 13.4 Å². The first-order chi connectivity index (χ1) is 17.2. The van der Waals surface area contributed by atoms with Gasteiger partial charge in [-0.05, 0) is 65.8 Å². The van der Waals surface area contributed by atoms with Crippen molar-refractivity contribution in [1.82, 2.24) is 10.3 Å². The third kappa shape index (κ3) is 6.80. The molecule has 2 heterocycles. The molecule has 1 fully saturated rings. The summed E-state index contributed by atoms with van der Waals surface area (Å²) in [6, 6.07) is 8.93. The molecule has 2 aromatic carbocycles. The lowest BCUT2D eigenvalue weighted by atomic mass is 10.1. The third-order valence-corrected chi connectivity index (χ3v) is 7.87. The van der Waals surface area contributed by atoms with Gasteiger partial charge < -0.3 is 15.4 Å². The zero-order valence-electron chi connectivity index (χ0n) is 19.1. The van der Waals surface area contributed by atoms with Gasteiger partial charge in [0.25, 0.3) is 10.0 Å². The molecule has 0 aliphatic carbocycles. The molecule has 3 N–H and O–H groups in total. The molecule has 1 aliphatic heterocycles. The van der Waals surface area contributed by atoms with Gasteiger partial charge in [-0.3, -0.25) is 4.72 Å². The molecule has 0 amide bonds. The molecule has 1 aromatic heterocycles. The first kappa shape index (κ1) is 27.8. The maximum atomic E-state index is 13.6. The minimum atomic E-state index is -4.68.